The van der Waals surface area contributed by atoms with Crippen molar-refractivity contribution in [3.63, 3.8) is 0 Å². The fraction of sp³-hybridized carbons (Fsp3) is 0.346. The summed E-state index contributed by atoms with van der Waals surface area (Å²) in [5.74, 6) is -0.971. The van der Waals surface area contributed by atoms with Crippen LogP contribution in [0.15, 0.2) is 48.9 Å². The molecule has 0 radical (unpaired) electrons. The van der Waals surface area contributed by atoms with Gasteiger partial charge in [-0.1, -0.05) is 18.2 Å². The summed E-state index contributed by atoms with van der Waals surface area (Å²) in [7, 11) is 0. The first-order chi connectivity index (χ1) is 17.5. The molecule has 1 fully saturated rings. The van der Waals surface area contributed by atoms with E-state index in [0.29, 0.717) is 22.5 Å². The number of nitrogens with zero attached hydrogens (tertiary/aromatic N) is 4. The predicted molar refractivity (Wildman–Crippen MR) is 124 cm³/mol. The quantitative estimate of drug-likeness (QED) is 0.373. The van der Waals surface area contributed by atoms with E-state index in [-0.39, 0.29) is 42.0 Å². The number of aromatic nitrogens is 4. The minimum atomic E-state index is -3.01. The van der Waals surface area contributed by atoms with Gasteiger partial charge in [0.15, 0.2) is 5.82 Å². The van der Waals surface area contributed by atoms with Crippen molar-refractivity contribution >= 4 is 5.65 Å². The number of ether oxygens (including phenoxy) is 1. The van der Waals surface area contributed by atoms with E-state index in [1.807, 2.05) is 0 Å². The number of aliphatic hydroxyl groups excluding tert-OH is 1. The normalized spacial score (nSPS) is 26.9. The summed E-state index contributed by atoms with van der Waals surface area (Å²) < 4.78 is 47.6. The van der Waals surface area contributed by atoms with Gasteiger partial charge in [-0.25, -0.2) is 19.3 Å². The summed E-state index contributed by atoms with van der Waals surface area (Å²) in [6.45, 7) is -1.39. The number of halogens is 3. The van der Waals surface area contributed by atoms with Crippen LogP contribution < -0.4 is 4.74 Å². The number of hydrogen-bond acceptors (Lipinski definition) is 7. The minimum Gasteiger partial charge on any atom is -0.435 e. The summed E-state index contributed by atoms with van der Waals surface area (Å²) >= 11 is 0. The SMILES string of the molecule is CC1(O)CC(O)(c2ncc(-c3cn4c5c(nc4cc3F)C(O)CC5c3ccccc3OC(F)F)cn2)C1. The van der Waals surface area contributed by atoms with Gasteiger partial charge in [-0.15, -0.1) is 0 Å². The zero-order chi connectivity index (χ0) is 26.1. The lowest BCUT2D eigenvalue weighted by Crippen LogP contribution is -2.53. The van der Waals surface area contributed by atoms with Crippen molar-refractivity contribution in [2.75, 3.05) is 0 Å². The highest BCUT2D eigenvalue weighted by Crippen LogP contribution is 2.48. The molecule has 0 bridgehead atoms. The number of alkyl halides is 2. The van der Waals surface area contributed by atoms with Crippen molar-refractivity contribution in [1.29, 1.82) is 0 Å². The Morgan fingerprint density at radius 3 is 2.51 bits per heavy atom. The molecule has 8 nitrogen and oxygen atoms in total. The third kappa shape index (κ3) is 3.94. The van der Waals surface area contributed by atoms with Crippen molar-refractivity contribution in [3.8, 4) is 16.9 Å². The third-order valence-electron chi connectivity index (χ3n) is 7.12. The maximum absolute atomic E-state index is 15.1. The van der Waals surface area contributed by atoms with E-state index in [0.717, 1.165) is 0 Å². The highest BCUT2D eigenvalue weighted by Gasteiger charge is 2.53. The van der Waals surface area contributed by atoms with Crippen LogP contribution in [0.1, 0.15) is 61.0 Å². The minimum absolute atomic E-state index is 0.00303. The Morgan fingerprint density at radius 2 is 1.84 bits per heavy atom. The first-order valence-electron chi connectivity index (χ1n) is 11.8. The molecule has 2 aliphatic carbocycles. The van der Waals surface area contributed by atoms with Crippen LogP contribution in [-0.2, 0) is 5.60 Å². The molecule has 2 atom stereocenters. The zero-order valence-corrected chi connectivity index (χ0v) is 19.6. The van der Waals surface area contributed by atoms with E-state index >= 15 is 4.39 Å². The number of fused-ring (bicyclic) bond motifs is 3. The van der Waals surface area contributed by atoms with Gasteiger partial charge < -0.3 is 24.5 Å². The summed E-state index contributed by atoms with van der Waals surface area (Å²) in [5.41, 5.74) is -0.211. The van der Waals surface area contributed by atoms with Crippen molar-refractivity contribution in [3.05, 3.63) is 77.5 Å². The van der Waals surface area contributed by atoms with E-state index in [2.05, 4.69) is 15.0 Å². The second kappa shape index (κ2) is 8.23. The Balaban J connectivity index is 1.41. The molecule has 192 valence electrons. The number of hydrogen-bond donors (Lipinski definition) is 3. The Labute approximate surface area is 209 Å². The van der Waals surface area contributed by atoms with Crippen LogP contribution in [0.2, 0.25) is 0 Å². The molecule has 4 aromatic rings. The van der Waals surface area contributed by atoms with Crippen LogP contribution in [0.4, 0.5) is 13.2 Å². The number of pyridine rings is 1. The maximum atomic E-state index is 15.1. The molecular formula is C26H23F3N4O4. The maximum Gasteiger partial charge on any atom is 0.387 e. The van der Waals surface area contributed by atoms with E-state index in [4.69, 9.17) is 4.74 Å². The van der Waals surface area contributed by atoms with Gasteiger partial charge in [0.1, 0.15) is 22.8 Å². The monoisotopic (exact) mass is 512 g/mol. The summed E-state index contributed by atoms with van der Waals surface area (Å²) in [5, 5.41) is 31.3. The van der Waals surface area contributed by atoms with Gasteiger partial charge >= 0.3 is 6.61 Å². The predicted octanol–water partition coefficient (Wildman–Crippen LogP) is 3.83. The second-order valence-electron chi connectivity index (χ2n) is 10.0. The molecule has 0 aliphatic heterocycles. The molecule has 3 heterocycles. The Bertz CT molecular complexity index is 1500. The summed E-state index contributed by atoms with van der Waals surface area (Å²) in [6, 6.07) is 7.60. The molecule has 3 aromatic heterocycles. The van der Waals surface area contributed by atoms with Gasteiger partial charge in [0.05, 0.1) is 23.1 Å². The lowest BCUT2D eigenvalue weighted by Gasteiger charge is -2.46. The number of rotatable bonds is 5. The van der Waals surface area contributed by atoms with Crippen LogP contribution in [0.5, 0.6) is 5.75 Å². The summed E-state index contributed by atoms with van der Waals surface area (Å²) in [4.78, 5) is 12.8. The molecule has 2 aliphatic rings. The molecule has 0 amide bonds. The zero-order valence-electron chi connectivity index (χ0n) is 19.6. The molecule has 37 heavy (non-hydrogen) atoms. The molecular weight excluding hydrogens is 489 g/mol. The largest absolute Gasteiger partial charge is 0.435 e. The molecule has 11 heteroatoms. The van der Waals surface area contributed by atoms with Crippen LogP contribution in [-0.4, -0.2) is 46.9 Å². The summed E-state index contributed by atoms with van der Waals surface area (Å²) in [6.07, 6.45) is 3.74. The van der Waals surface area contributed by atoms with Crippen LogP contribution >= 0.6 is 0 Å². The number of para-hydroxylation sites is 1. The smallest absolute Gasteiger partial charge is 0.387 e. The lowest BCUT2D eigenvalue weighted by atomic mass is 9.68. The van der Waals surface area contributed by atoms with Crippen molar-refractivity contribution in [1.82, 2.24) is 19.4 Å². The average molecular weight is 512 g/mol. The van der Waals surface area contributed by atoms with E-state index in [9.17, 15) is 24.1 Å². The van der Waals surface area contributed by atoms with Crippen molar-refractivity contribution < 1.29 is 33.2 Å². The van der Waals surface area contributed by atoms with E-state index < -0.39 is 35.7 Å². The Morgan fingerprint density at radius 1 is 1.14 bits per heavy atom. The van der Waals surface area contributed by atoms with Crippen molar-refractivity contribution in [2.45, 2.75) is 56.0 Å². The van der Waals surface area contributed by atoms with Crippen LogP contribution in [0, 0.1) is 5.82 Å². The molecule has 1 aromatic carbocycles. The number of benzene rings is 1. The van der Waals surface area contributed by atoms with Gasteiger partial charge in [0.25, 0.3) is 0 Å². The fourth-order valence-electron chi connectivity index (χ4n) is 5.67. The van der Waals surface area contributed by atoms with Crippen molar-refractivity contribution in [2.24, 2.45) is 0 Å². The van der Waals surface area contributed by atoms with Gasteiger partial charge in [-0.05, 0) is 19.4 Å². The van der Waals surface area contributed by atoms with Crippen LogP contribution in [0.3, 0.4) is 0 Å². The standard InChI is InChI=1S/C26H23F3N4O4/c1-25(35)11-26(36,12-25)23-30-8-13(9-31-23)16-10-33-20(7-17(16)27)32-21-18(34)6-15(22(21)33)14-4-2-3-5-19(14)37-24(28)29/h2-5,7-10,15,18,24,34-36H,6,11-12H2,1H3. The second-order valence-corrected chi connectivity index (χ2v) is 10.0. The third-order valence-corrected chi connectivity index (χ3v) is 7.12. The molecule has 1 saturated carbocycles. The van der Waals surface area contributed by atoms with Gasteiger partial charge in [0.2, 0.25) is 0 Å². The van der Waals surface area contributed by atoms with E-state index in [1.165, 1.54) is 30.7 Å². The number of imidazole rings is 1. The van der Waals surface area contributed by atoms with Gasteiger partial charge in [-0.2, -0.15) is 8.78 Å². The highest BCUT2D eigenvalue weighted by molar-refractivity contribution is 5.65. The molecule has 0 spiro atoms. The first-order valence-corrected chi connectivity index (χ1v) is 11.8. The Hall–Kier alpha value is -3.54. The van der Waals surface area contributed by atoms with Gasteiger partial charge in [0, 0.05) is 60.1 Å². The topological polar surface area (TPSA) is 113 Å². The average Bonchev–Trinajstić information content (AvgIpc) is 3.34. The number of aliphatic hydroxyl groups is 3. The first kappa shape index (κ1) is 23.8. The molecule has 0 saturated heterocycles. The molecule has 2 unspecified atom stereocenters. The lowest BCUT2D eigenvalue weighted by molar-refractivity contribution is -0.180. The van der Waals surface area contributed by atoms with Crippen LogP contribution in [0.25, 0.3) is 16.8 Å². The fourth-order valence-corrected chi connectivity index (χ4v) is 5.67. The molecule has 3 N–H and O–H groups in total. The van der Waals surface area contributed by atoms with E-state index in [1.54, 1.807) is 29.5 Å². The highest BCUT2D eigenvalue weighted by atomic mass is 19.3. The van der Waals surface area contributed by atoms with Gasteiger partial charge in [-0.3, -0.25) is 0 Å². The Kier molecular flexibility index (Phi) is 5.30. The molecule has 6 rings (SSSR count).